The highest BCUT2D eigenvalue weighted by atomic mass is 127. The normalized spacial score (nSPS) is 21.0. The number of sulfone groups is 1. The summed E-state index contributed by atoms with van der Waals surface area (Å²) < 4.78 is 23.0. The minimum absolute atomic E-state index is 0. The summed E-state index contributed by atoms with van der Waals surface area (Å²) in [6.45, 7) is 2.71. The number of benzene rings is 1. The van der Waals surface area contributed by atoms with Crippen molar-refractivity contribution in [1.29, 1.82) is 0 Å². The second kappa shape index (κ2) is 9.79. The van der Waals surface area contributed by atoms with Crippen molar-refractivity contribution < 1.29 is 13.5 Å². The van der Waals surface area contributed by atoms with Gasteiger partial charge in [-0.3, -0.25) is 4.99 Å². The maximum atomic E-state index is 11.5. The highest BCUT2D eigenvalue weighted by Crippen LogP contribution is 2.22. The Morgan fingerprint density at radius 2 is 2.17 bits per heavy atom. The summed E-state index contributed by atoms with van der Waals surface area (Å²) in [7, 11) is -2.95. The quantitative estimate of drug-likeness (QED) is 0.334. The van der Waals surface area contributed by atoms with Gasteiger partial charge in [0.15, 0.2) is 15.8 Å². The zero-order chi connectivity index (χ0) is 16.9. The molecule has 1 aliphatic heterocycles. The highest BCUT2D eigenvalue weighted by Gasteiger charge is 2.28. The van der Waals surface area contributed by atoms with Crippen molar-refractivity contribution in [3.63, 3.8) is 0 Å². The molecule has 0 aromatic heterocycles. The molecule has 9 heteroatoms. The fraction of sp³-hybridized carbons (Fsp3) is 0.533. The number of halogens is 2. The van der Waals surface area contributed by atoms with Gasteiger partial charge in [0.2, 0.25) is 0 Å². The van der Waals surface area contributed by atoms with E-state index in [4.69, 9.17) is 11.6 Å². The van der Waals surface area contributed by atoms with E-state index in [1.165, 1.54) is 0 Å². The van der Waals surface area contributed by atoms with Crippen LogP contribution in [0.4, 0.5) is 0 Å². The van der Waals surface area contributed by atoms with Gasteiger partial charge in [-0.1, -0.05) is 29.8 Å². The smallest absolute Gasteiger partial charge is 0.191 e. The molecule has 0 aliphatic carbocycles. The van der Waals surface area contributed by atoms with Crippen molar-refractivity contribution in [2.45, 2.75) is 25.5 Å². The van der Waals surface area contributed by atoms with Gasteiger partial charge in [-0.05, 0) is 19.4 Å². The Kier molecular flexibility index (Phi) is 8.75. The molecule has 136 valence electrons. The number of hydrogen-bond acceptors (Lipinski definition) is 4. The third-order valence-corrected chi connectivity index (χ3v) is 5.72. The van der Waals surface area contributed by atoms with Crippen LogP contribution in [-0.4, -0.2) is 50.1 Å². The third-order valence-electron chi connectivity index (χ3n) is 3.60. The van der Waals surface area contributed by atoms with Crippen LogP contribution >= 0.6 is 35.6 Å². The number of nitrogens with zero attached hydrogens (tertiary/aromatic N) is 1. The maximum Gasteiger partial charge on any atom is 0.191 e. The summed E-state index contributed by atoms with van der Waals surface area (Å²) in [5.74, 6) is 0.817. The van der Waals surface area contributed by atoms with Crippen LogP contribution in [0.25, 0.3) is 0 Å². The Hall–Kier alpha value is -0.580. The van der Waals surface area contributed by atoms with Gasteiger partial charge >= 0.3 is 0 Å². The van der Waals surface area contributed by atoms with Crippen LogP contribution < -0.4 is 10.6 Å². The lowest BCUT2D eigenvalue weighted by Gasteiger charge is -2.17. The number of aliphatic hydroxyl groups excluding tert-OH is 1. The van der Waals surface area contributed by atoms with E-state index in [1.807, 2.05) is 6.92 Å². The summed E-state index contributed by atoms with van der Waals surface area (Å²) in [4.78, 5) is 4.33. The maximum absolute atomic E-state index is 11.5. The number of aliphatic hydroxyl groups is 1. The SMILES string of the molecule is CCNC(=NCC(O)c1ccccc1Cl)NC1CCS(=O)(=O)C1.I. The van der Waals surface area contributed by atoms with Crippen LogP contribution in [0.3, 0.4) is 0 Å². The van der Waals surface area contributed by atoms with E-state index in [-0.39, 0.29) is 48.1 Å². The molecule has 0 amide bonds. The molecule has 1 aromatic rings. The molecule has 1 aliphatic rings. The van der Waals surface area contributed by atoms with Crippen LogP contribution in [0.5, 0.6) is 0 Å². The van der Waals surface area contributed by atoms with E-state index in [0.29, 0.717) is 29.5 Å². The Balaban J connectivity index is 0.00000288. The highest BCUT2D eigenvalue weighted by molar-refractivity contribution is 14.0. The van der Waals surface area contributed by atoms with Gasteiger partial charge in [0, 0.05) is 23.2 Å². The van der Waals surface area contributed by atoms with E-state index in [0.717, 1.165) is 0 Å². The molecule has 0 bridgehead atoms. The van der Waals surface area contributed by atoms with Gasteiger partial charge in [0.1, 0.15) is 6.10 Å². The average Bonchev–Trinajstić information content (AvgIpc) is 2.84. The number of guanidine groups is 1. The van der Waals surface area contributed by atoms with E-state index in [9.17, 15) is 13.5 Å². The van der Waals surface area contributed by atoms with Crippen molar-refractivity contribution in [2.24, 2.45) is 4.99 Å². The summed E-state index contributed by atoms with van der Waals surface area (Å²) in [6.07, 6.45) is -0.244. The van der Waals surface area contributed by atoms with Crippen molar-refractivity contribution in [2.75, 3.05) is 24.6 Å². The Morgan fingerprint density at radius 3 is 2.75 bits per heavy atom. The van der Waals surface area contributed by atoms with Crippen molar-refractivity contribution in [3.05, 3.63) is 34.9 Å². The summed E-state index contributed by atoms with van der Waals surface area (Å²) in [5, 5.41) is 16.9. The molecule has 0 saturated carbocycles. The van der Waals surface area contributed by atoms with E-state index >= 15 is 0 Å². The molecular formula is C15H23ClIN3O3S. The predicted octanol–water partition coefficient (Wildman–Crippen LogP) is 1.73. The first-order chi connectivity index (χ1) is 10.9. The standard InChI is InChI=1S/C15H22ClN3O3S.HI/c1-2-17-15(19-11-7-8-23(21,22)10-11)18-9-14(20)12-5-3-4-6-13(12)16;/h3-6,11,14,20H,2,7-10H2,1H3,(H2,17,18,19);1H. The molecule has 6 nitrogen and oxygen atoms in total. The number of nitrogens with one attached hydrogen (secondary N) is 2. The number of hydrogen-bond donors (Lipinski definition) is 3. The summed E-state index contributed by atoms with van der Waals surface area (Å²) >= 11 is 6.06. The van der Waals surface area contributed by atoms with Crippen molar-refractivity contribution in [1.82, 2.24) is 10.6 Å². The first kappa shape index (κ1) is 21.5. The van der Waals surface area contributed by atoms with Gasteiger partial charge in [0.25, 0.3) is 0 Å². The number of aliphatic imine (C=N–C) groups is 1. The minimum Gasteiger partial charge on any atom is -0.386 e. The van der Waals surface area contributed by atoms with E-state index in [2.05, 4.69) is 15.6 Å². The van der Waals surface area contributed by atoms with Crippen LogP contribution in [0.1, 0.15) is 25.0 Å². The lowest BCUT2D eigenvalue weighted by Crippen LogP contribution is -2.44. The fourth-order valence-corrected chi connectivity index (χ4v) is 4.38. The molecule has 2 unspecified atom stereocenters. The number of rotatable bonds is 5. The van der Waals surface area contributed by atoms with Crippen molar-refractivity contribution >= 4 is 51.4 Å². The van der Waals surface area contributed by atoms with Crippen LogP contribution in [-0.2, 0) is 9.84 Å². The van der Waals surface area contributed by atoms with Gasteiger partial charge in [-0.25, -0.2) is 8.42 Å². The van der Waals surface area contributed by atoms with Gasteiger partial charge < -0.3 is 15.7 Å². The molecule has 2 rings (SSSR count). The third kappa shape index (κ3) is 6.38. The zero-order valence-corrected chi connectivity index (χ0v) is 17.3. The average molecular weight is 488 g/mol. The largest absolute Gasteiger partial charge is 0.386 e. The first-order valence-electron chi connectivity index (χ1n) is 7.59. The van der Waals surface area contributed by atoms with Crippen molar-refractivity contribution in [3.8, 4) is 0 Å². The molecule has 1 fully saturated rings. The molecule has 0 spiro atoms. The molecule has 3 N–H and O–H groups in total. The summed E-state index contributed by atoms with van der Waals surface area (Å²) in [6, 6.07) is 6.94. The van der Waals surface area contributed by atoms with E-state index in [1.54, 1.807) is 24.3 Å². The topological polar surface area (TPSA) is 90.8 Å². The van der Waals surface area contributed by atoms with Crippen LogP contribution in [0, 0.1) is 0 Å². The van der Waals surface area contributed by atoms with Gasteiger partial charge in [-0.2, -0.15) is 0 Å². The molecule has 0 radical (unpaired) electrons. The van der Waals surface area contributed by atoms with E-state index < -0.39 is 15.9 Å². The Morgan fingerprint density at radius 1 is 1.46 bits per heavy atom. The Bertz CT molecular complexity index is 670. The summed E-state index contributed by atoms with van der Waals surface area (Å²) in [5.41, 5.74) is 0.622. The first-order valence-corrected chi connectivity index (χ1v) is 9.79. The monoisotopic (exact) mass is 487 g/mol. The predicted molar refractivity (Wildman–Crippen MR) is 108 cm³/mol. The second-order valence-electron chi connectivity index (χ2n) is 5.50. The fourth-order valence-electron chi connectivity index (χ4n) is 2.44. The van der Waals surface area contributed by atoms with Gasteiger partial charge in [0.05, 0.1) is 18.1 Å². The Labute approximate surface area is 165 Å². The molecule has 1 saturated heterocycles. The molecular weight excluding hydrogens is 465 g/mol. The zero-order valence-electron chi connectivity index (χ0n) is 13.4. The molecule has 1 aromatic carbocycles. The molecule has 2 atom stereocenters. The van der Waals surface area contributed by atoms with Gasteiger partial charge in [-0.15, -0.1) is 24.0 Å². The minimum atomic E-state index is -2.95. The van der Waals surface area contributed by atoms with Crippen LogP contribution in [0.2, 0.25) is 5.02 Å². The lowest BCUT2D eigenvalue weighted by atomic mass is 10.1. The molecule has 1 heterocycles. The lowest BCUT2D eigenvalue weighted by molar-refractivity contribution is 0.187. The van der Waals surface area contributed by atoms with Crippen LogP contribution in [0.15, 0.2) is 29.3 Å². The molecule has 24 heavy (non-hydrogen) atoms. The second-order valence-corrected chi connectivity index (χ2v) is 8.14.